The summed E-state index contributed by atoms with van der Waals surface area (Å²) >= 11 is 0. The zero-order valence-corrected chi connectivity index (χ0v) is 12.4. The van der Waals surface area contributed by atoms with Gasteiger partial charge in [0.25, 0.3) is 5.91 Å². The van der Waals surface area contributed by atoms with Gasteiger partial charge in [0, 0.05) is 32.3 Å². The van der Waals surface area contributed by atoms with Gasteiger partial charge in [0.2, 0.25) is 0 Å². The van der Waals surface area contributed by atoms with Crippen LogP contribution in [0, 0.1) is 11.3 Å². The van der Waals surface area contributed by atoms with Gasteiger partial charge < -0.3 is 15.0 Å². The van der Waals surface area contributed by atoms with Crippen molar-refractivity contribution in [1.29, 1.82) is 5.26 Å². The lowest BCUT2D eigenvalue weighted by molar-refractivity contribution is 0.0698. The summed E-state index contributed by atoms with van der Waals surface area (Å²) in [4.78, 5) is 14.5. The number of benzene rings is 1. The van der Waals surface area contributed by atoms with E-state index >= 15 is 0 Å². The average molecular weight is 287 g/mol. The van der Waals surface area contributed by atoms with Crippen molar-refractivity contribution >= 4 is 5.91 Å². The molecule has 0 atom stereocenters. The van der Waals surface area contributed by atoms with Crippen molar-refractivity contribution in [2.24, 2.45) is 0 Å². The lowest BCUT2D eigenvalue weighted by atomic mass is 9.94. The number of hydrogen-bond acceptors (Lipinski definition) is 4. The van der Waals surface area contributed by atoms with Crippen LogP contribution in [0.4, 0.5) is 0 Å². The quantitative estimate of drug-likeness (QED) is 0.857. The van der Waals surface area contributed by atoms with Gasteiger partial charge in [0.05, 0.1) is 19.1 Å². The summed E-state index contributed by atoms with van der Waals surface area (Å²) in [5, 5.41) is 12.1. The fourth-order valence-corrected chi connectivity index (χ4v) is 2.60. The van der Waals surface area contributed by atoms with Crippen LogP contribution in [0.3, 0.4) is 0 Å². The molecule has 1 heterocycles. The number of nitrogens with one attached hydrogen (secondary N) is 1. The Hall–Kier alpha value is -1.90. The Balaban J connectivity index is 2.21. The number of amides is 1. The van der Waals surface area contributed by atoms with Crippen molar-refractivity contribution in [2.75, 3.05) is 33.4 Å². The van der Waals surface area contributed by atoms with Gasteiger partial charge in [-0.15, -0.1) is 0 Å². The number of methoxy groups -OCH3 is 1. The smallest absolute Gasteiger partial charge is 0.254 e. The lowest BCUT2D eigenvalue weighted by Crippen LogP contribution is -2.36. The molecule has 2 rings (SSSR count). The van der Waals surface area contributed by atoms with E-state index in [0.29, 0.717) is 26.1 Å². The van der Waals surface area contributed by atoms with E-state index in [4.69, 9.17) is 10.00 Å². The second-order valence-electron chi connectivity index (χ2n) is 5.06. The van der Waals surface area contributed by atoms with Crippen LogP contribution in [-0.2, 0) is 17.7 Å². The number of carbonyl (C=O) groups excluding carboxylic acids is 1. The molecule has 5 heteroatoms. The van der Waals surface area contributed by atoms with Gasteiger partial charge in [-0.2, -0.15) is 5.26 Å². The molecule has 21 heavy (non-hydrogen) atoms. The van der Waals surface area contributed by atoms with Crippen LogP contribution in [-0.4, -0.2) is 44.2 Å². The summed E-state index contributed by atoms with van der Waals surface area (Å²) < 4.78 is 5.06. The molecular weight excluding hydrogens is 266 g/mol. The van der Waals surface area contributed by atoms with Gasteiger partial charge in [-0.05, 0) is 30.2 Å². The molecule has 1 N–H and O–H groups in total. The maximum absolute atomic E-state index is 12.8. The zero-order valence-electron chi connectivity index (χ0n) is 12.4. The minimum Gasteiger partial charge on any atom is -0.383 e. The normalized spacial score (nSPS) is 13.3. The second kappa shape index (κ2) is 7.77. The van der Waals surface area contributed by atoms with Gasteiger partial charge in [-0.25, -0.2) is 0 Å². The third-order valence-electron chi connectivity index (χ3n) is 3.72. The van der Waals surface area contributed by atoms with Crippen LogP contribution in [0.15, 0.2) is 18.2 Å². The highest BCUT2D eigenvalue weighted by molar-refractivity contribution is 5.96. The summed E-state index contributed by atoms with van der Waals surface area (Å²) in [5.41, 5.74) is 3.10. The first-order chi connectivity index (χ1) is 10.3. The molecule has 0 aromatic heterocycles. The fraction of sp³-hybridized carbons (Fsp3) is 0.500. The van der Waals surface area contributed by atoms with Crippen LogP contribution in [0.1, 0.15) is 27.9 Å². The number of nitrogens with zero attached hydrogens (tertiary/aromatic N) is 2. The van der Waals surface area contributed by atoms with E-state index in [1.165, 1.54) is 5.56 Å². The van der Waals surface area contributed by atoms with Crippen molar-refractivity contribution in [1.82, 2.24) is 10.2 Å². The first kappa shape index (κ1) is 15.5. The van der Waals surface area contributed by atoms with Crippen molar-refractivity contribution in [3.05, 3.63) is 34.9 Å². The Kier molecular flexibility index (Phi) is 5.73. The van der Waals surface area contributed by atoms with Crippen LogP contribution < -0.4 is 5.32 Å². The summed E-state index contributed by atoms with van der Waals surface area (Å²) in [6.07, 6.45) is 1.21. The highest BCUT2D eigenvalue weighted by Crippen LogP contribution is 2.20. The molecule has 1 aromatic rings. The van der Waals surface area contributed by atoms with Crippen molar-refractivity contribution in [3.63, 3.8) is 0 Å². The first-order valence-corrected chi connectivity index (χ1v) is 7.24. The monoisotopic (exact) mass is 287 g/mol. The van der Waals surface area contributed by atoms with E-state index in [1.54, 1.807) is 12.0 Å². The van der Waals surface area contributed by atoms with Gasteiger partial charge >= 0.3 is 0 Å². The van der Waals surface area contributed by atoms with E-state index in [2.05, 4.69) is 17.5 Å². The van der Waals surface area contributed by atoms with Crippen molar-refractivity contribution in [2.45, 2.75) is 19.4 Å². The van der Waals surface area contributed by atoms with Gasteiger partial charge in [-0.3, -0.25) is 4.79 Å². The highest BCUT2D eigenvalue weighted by Gasteiger charge is 2.21. The number of carbonyl (C=O) groups is 1. The third kappa shape index (κ3) is 3.81. The second-order valence-corrected chi connectivity index (χ2v) is 5.06. The summed E-state index contributed by atoms with van der Waals surface area (Å²) in [7, 11) is 1.61. The van der Waals surface area contributed by atoms with Crippen LogP contribution >= 0.6 is 0 Å². The molecule has 1 aliphatic heterocycles. The summed E-state index contributed by atoms with van der Waals surface area (Å²) in [5.74, 6) is 0.000972. The van der Waals surface area contributed by atoms with Crippen LogP contribution in [0.5, 0.6) is 0 Å². The van der Waals surface area contributed by atoms with Gasteiger partial charge in [0.15, 0.2) is 0 Å². The van der Waals surface area contributed by atoms with Gasteiger partial charge in [0.1, 0.15) is 0 Å². The van der Waals surface area contributed by atoms with Crippen LogP contribution in [0.2, 0.25) is 0 Å². The Morgan fingerprint density at radius 1 is 1.48 bits per heavy atom. The van der Waals surface area contributed by atoms with E-state index in [-0.39, 0.29) is 5.91 Å². The molecule has 0 unspecified atom stereocenters. The standard InChI is InChI=1S/C16H21N3O2/c1-21-11-10-19(9-3-7-17)16(20)15-5-2-4-13-12-18-8-6-14(13)15/h2,4-5,18H,3,6,8-12H2,1H3. The fourth-order valence-electron chi connectivity index (χ4n) is 2.60. The SMILES string of the molecule is COCCN(CCC#N)C(=O)c1cccc2c1CCNC2. The molecular formula is C16H21N3O2. The number of ether oxygens (including phenoxy) is 1. The van der Waals surface area contributed by atoms with E-state index < -0.39 is 0 Å². The minimum atomic E-state index is 0.000972. The third-order valence-corrected chi connectivity index (χ3v) is 3.72. The molecule has 112 valence electrons. The lowest BCUT2D eigenvalue weighted by Gasteiger charge is -2.25. The highest BCUT2D eigenvalue weighted by atomic mass is 16.5. The summed E-state index contributed by atoms with van der Waals surface area (Å²) in [6, 6.07) is 7.98. The molecule has 0 radical (unpaired) electrons. The number of rotatable bonds is 6. The molecule has 0 aliphatic carbocycles. The Morgan fingerprint density at radius 3 is 3.10 bits per heavy atom. The zero-order chi connectivity index (χ0) is 15.1. The van der Waals surface area contributed by atoms with E-state index in [1.807, 2.05) is 12.1 Å². The predicted molar refractivity (Wildman–Crippen MR) is 79.9 cm³/mol. The molecule has 1 aromatic carbocycles. The van der Waals surface area contributed by atoms with Gasteiger partial charge in [-0.1, -0.05) is 12.1 Å². The first-order valence-electron chi connectivity index (χ1n) is 7.24. The molecule has 0 saturated heterocycles. The van der Waals surface area contributed by atoms with E-state index in [9.17, 15) is 4.79 Å². The molecule has 0 bridgehead atoms. The average Bonchev–Trinajstić information content (AvgIpc) is 2.54. The van der Waals surface area contributed by atoms with Crippen molar-refractivity contribution in [3.8, 4) is 6.07 Å². The maximum Gasteiger partial charge on any atom is 0.254 e. The number of nitriles is 1. The molecule has 1 amide bonds. The predicted octanol–water partition coefficient (Wildman–Crippen LogP) is 1.33. The Bertz CT molecular complexity index is 537. The minimum absolute atomic E-state index is 0.000972. The largest absolute Gasteiger partial charge is 0.383 e. The molecule has 0 saturated carbocycles. The molecule has 1 aliphatic rings. The Labute approximate surface area is 125 Å². The summed E-state index contributed by atoms with van der Waals surface area (Å²) in [6.45, 7) is 3.15. The Morgan fingerprint density at radius 2 is 2.33 bits per heavy atom. The topological polar surface area (TPSA) is 65.4 Å². The molecule has 0 spiro atoms. The van der Waals surface area contributed by atoms with Crippen molar-refractivity contribution < 1.29 is 9.53 Å². The molecule has 0 fully saturated rings. The van der Waals surface area contributed by atoms with Crippen LogP contribution in [0.25, 0.3) is 0 Å². The maximum atomic E-state index is 12.8. The van der Waals surface area contributed by atoms with E-state index in [0.717, 1.165) is 30.6 Å². The molecule has 5 nitrogen and oxygen atoms in total. The number of fused-ring (bicyclic) bond motifs is 1. The number of hydrogen-bond donors (Lipinski definition) is 1.